The van der Waals surface area contributed by atoms with Crippen LogP contribution in [-0.4, -0.2) is 25.0 Å². The van der Waals surface area contributed by atoms with E-state index in [1.54, 1.807) is 0 Å². The van der Waals surface area contributed by atoms with Gasteiger partial charge in [0, 0.05) is 5.92 Å². The molecule has 0 saturated heterocycles. The van der Waals surface area contributed by atoms with E-state index in [1.807, 2.05) is 13.8 Å². The monoisotopic (exact) mass is 295 g/mol. The highest BCUT2D eigenvalue weighted by Gasteiger charge is 2.36. The van der Waals surface area contributed by atoms with Crippen LogP contribution in [0.5, 0.6) is 0 Å². The number of hydrogen-bond donors (Lipinski definition) is 1. The number of ether oxygens (including phenoxy) is 1. The summed E-state index contributed by atoms with van der Waals surface area (Å²) in [4.78, 5) is 24.3. The van der Waals surface area contributed by atoms with Crippen LogP contribution in [0.2, 0.25) is 0 Å². The molecule has 2 saturated carbocycles. The van der Waals surface area contributed by atoms with Crippen LogP contribution in [0.25, 0.3) is 0 Å². The Bertz CT molecular complexity index is 380. The van der Waals surface area contributed by atoms with Gasteiger partial charge < -0.3 is 10.1 Å². The number of fused-ring (bicyclic) bond motifs is 1. The van der Waals surface area contributed by atoms with Crippen molar-refractivity contribution in [2.75, 3.05) is 7.11 Å². The second kappa shape index (κ2) is 7.28. The van der Waals surface area contributed by atoms with Crippen LogP contribution < -0.4 is 5.32 Å². The van der Waals surface area contributed by atoms with Crippen LogP contribution in [0.3, 0.4) is 0 Å². The summed E-state index contributed by atoms with van der Waals surface area (Å²) in [5, 5.41) is 2.92. The molecule has 1 N–H and O–H groups in total. The molecular formula is C17H29NO3. The van der Waals surface area contributed by atoms with E-state index >= 15 is 0 Å². The summed E-state index contributed by atoms with van der Waals surface area (Å²) in [5.41, 5.74) is 0. The number of nitrogens with one attached hydrogen (secondary N) is 1. The van der Waals surface area contributed by atoms with Crippen molar-refractivity contribution in [3.63, 3.8) is 0 Å². The third kappa shape index (κ3) is 3.98. The molecule has 120 valence electrons. The molecule has 4 heteroatoms. The molecule has 0 radical (unpaired) electrons. The Labute approximate surface area is 128 Å². The molecule has 0 aromatic heterocycles. The van der Waals surface area contributed by atoms with Gasteiger partial charge in [0.1, 0.15) is 6.04 Å². The second-order valence-corrected chi connectivity index (χ2v) is 7.07. The van der Waals surface area contributed by atoms with Crippen molar-refractivity contribution >= 4 is 11.9 Å². The van der Waals surface area contributed by atoms with Crippen molar-refractivity contribution in [3.05, 3.63) is 0 Å². The van der Waals surface area contributed by atoms with Gasteiger partial charge in [-0.05, 0) is 37.0 Å². The number of hydrogen-bond acceptors (Lipinski definition) is 3. The third-order valence-electron chi connectivity index (χ3n) is 5.33. The Morgan fingerprint density at radius 3 is 2.33 bits per heavy atom. The predicted molar refractivity (Wildman–Crippen MR) is 81.6 cm³/mol. The number of methoxy groups -OCH3 is 1. The molecule has 0 bridgehead atoms. The Morgan fingerprint density at radius 1 is 1.05 bits per heavy atom. The summed E-state index contributed by atoms with van der Waals surface area (Å²) in [6, 6.07) is -0.522. The first kappa shape index (κ1) is 16.3. The normalized spacial score (nSPS) is 30.4. The quantitative estimate of drug-likeness (QED) is 0.811. The summed E-state index contributed by atoms with van der Waals surface area (Å²) in [6.07, 6.45) is 8.44. The number of esters is 1. The highest BCUT2D eigenvalue weighted by Crippen LogP contribution is 2.42. The second-order valence-electron chi connectivity index (χ2n) is 7.07. The molecule has 2 fully saturated rings. The summed E-state index contributed by atoms with van der Waals surface area (Å²) >= 11 is 0. The maximum absolute atomic E-state index is 12.5. The average Bonchev–Trinajstić information content (AvgIpc) is 2.50. The lowest BCUT2D eigenvalue weighted by molar-refractivity contribution is -0.147. The fourth-order valence-corrected chi connectivity index (χ4v) is 4.01. The number of carbonyl (C=O) groups is 2. The van der Waals surface area contributed by atoms with Crippen LogP contribution in [0.15, 0.2) is 0 Å². The molecule has 0 aromatic rings. The first-order chi connectivity index (χ1) is 10.0. The Hall–Kier alpha value is -1.06. The van der Waals surface area contributed by atoms with E-state index < -0.39 is 6.04 Å². The van der Waals surface area contributed by atoms with E-state index in [0.29, 0.717) is 0 Å². The Morgan fingerprint density at radius 2 is 1.71 bits per heavy atom. The summed E-state index contributed by atoms with van der Waals surface area (Å²) in [6.45, 7) is 3.86. The highest BCUT2D eigenvalue weighted by molar-refractivity contribution is 5.85. The standard InChI is InChI=1S/C17H29NO3/c1-11(2)15(17(20)21-3)18-16(19)14-9-8-12-6-4-5-7-13(12)10-14/h11-15H,4-10H2,1-3H3,(H,18,19). The number of rotatable bonds is 4. The summed E-state index contributed by atoms with van der Waals surface area (Å²) in [7, 11) is 1.37. The van der Waals surface area contributed by atoms with Crippen molar-refractivity contribution in [2.24, 2.45) is 23.7 Å². The molecule has 0 heterocycles. The van der Waals surface area contributed by atoms with Crippen molar-refractivity contribution in [2.45, 2.75) is 64.8 Å². The van der Waals surface area contributed by atoms with Gasteiger partial charge in [0.2, 0.25) is 5.91 Å². The van der Waals surface area contributed by atoms with Crippen LogP contribution in [0.4, 0.5) is 0 Å². The van der Waals surface area contributed by atoms with Crippen LogP contribution >= 0.6 is 0 Å². The Kier molecular flexibility index (Phi) is 5.65. The van der Waals surface area contributed by atoms with Gasteiger partial charge in [0.05, 0.1) is 7.11 Å². The number of amides is 1. The minimum absolute atomic E-state index is 0.0446. The largest absolute Gasteiger partial charge is 0.467 e. The van der Waals surface area contributed by atoms with Gasteiger partial charge >= 0.3 is 5.97 Å². The molecule has 2 aliphatic rings. The molecule has 4 atom stereocenters. The van der Waals surface area contributed by atoms with Gasteiger partial charge in [-0.2, -0.15) is 0 Å². The predicted octanol–water partition coefficient (Wildman–Crippen LogP) is 2.91. The maximum Gasteiger partial charge on any atom is 0.328 e. The van der Waals surface area contributed by atoms with Crippen LogP contribution in [0.1, 0.15) is 58.8 Å². The SMILES string of the molecule is COC(=O)C(NC(=O)C1CCC2CCCCC2C1)C(C)C. The van der Waals surface area contributed by atoms with Crippen LogP contribution in [0, 0.1) is 23.7 Å². The lowest BCUT2D eigenvalue weighted by Gasteiger charge is -2.39. The van der Waals surface area contributed by atoms with Gasteiger partial charge in [-0.1, -0.05) is 39.5 Å². The third-order valence-corrected chi connectivity index (χ3v) is 5.33. The molecule has 0 aliphatic heterocycles. The van der Waals surface area contributed by atoms with Crippen molar-refractivity contribution in [3.8, 4) is 0 Å². The molecule has 21 heavy (non-hydrogen) atoms. The summed E-state index contributed by atoms with van der Waals surface area (Å²) < 4.78 is 4.79. The minimum atomic E-state index is -0.522. The van der Waals surface area contributed by atoms with Gasteiger partial charge in [0.25, 0.3) is 0 Å². The zero-order chi connectivity index (χ0) is 15.4. The van der Waals surface area contributed by atoms with E-state index in [0.717, 1.165) is 24.7 Å². The van der Waals surface area contributed by atoms with E-state index in [9.17, 15) is 9.59 Å². The minimum Gasteiger partial charge on any atom is -0.467 e. The first-order valence-electron chi connectivity index (χ1n) is 8.41. The zero-order valence-corrected chi connectivity index (χ0v) is 13.6. The average molecular weight is 295 g/mol. The smallest absolute Gasteiger partial charge is 0.328 e. The van der Waals surface area contributed by atoms with Crippen LogP contribution in [-0.2, 0) is 14.3 Å². The van der Waals surface area contributed by atoms with E-state index in [2.05, 4.69) is 5.32 Å². The van der Waals surface area contributed by atoms with Gasteiger partial charge in [0.15, 0.2) is 0 Å². The fourth-order valence-electron chi connectivity index (χ4n) is 4.01. The van der Waals surface area contributed by atoms with Crippen molar-refractivity contribution in [1.82, 2.24) is 5.32 Å². The first-order valence-corrected chi connectivity index (χ1v) is 8.41. The highest BCUT2D eigenvalue weighted by atomic mass is 16.5. The van der Waals surface area contributed by atoms with Gasteiger partial charge in [-0.3, -0.25) is 4.79 Å². The van der Waals surface area contributed by atoms with Crippen molar-refractivity contribution in [1.29, 1.82) is 0 Å². The van der Waals surface area contributed by atoms with E-state index in [1.165, 1.54) is 39.2 Å². The molecule has 4 unspecified atom stereocenters. The van der Waals surface area contributed by atoms with Gasteiger partial charge in [-0.25, -0.2) is 4.79 Å². The maximum atomic E-state index is 12.5. The topological polar surface area (TPSA) is 55.4 Å². The van der Waals surface area contributed by atoms with Gasteiger partial charge in [-0.15, -0.1) is 0 Å². The molecule has 2 rings (SSSR count). The van der Waals surface area contributed by atoms with E-state index in [4.69, 9.17) is 4.74 Å². The summed E-state index contributed by atoms with van der Waals surface area (Å²) in [5.74, 6) is 1.39. The lowest BCUT2D eigenvalue weighted by atomic mass is 9.67. The fraction of sp³-hybridized carbons (Fsp3) is 0.882. The molecule has 0 aromatic carbocycles. The molecule has 2 aliphatic carbocycles. The molecule has 1 amide bonds. The van der Waals surface area contributed by atoms with E-state index in [-0.39, 0.29) is 23.7 Å². The number of carbonyl (C=O) groups excluding carboxylic acids is 2. The molecule has 4 nitrogen and oxygen atoms in total. The lowest BCUT2D eigenvalue weighted by Crippen LogP contribution is -2.48. The van der Waals surface area contributed by atoms with Crippen molar-refractivity contribution < 1.29 is 14.3 Å². The molecule has 0 spiro atoms. The Balaban J connectivity index is 1.92. The zero-order valence-electron chi connectivity index (χ0n) is 13.6. The molecular weight excluding hydrogens is 266 g/mol.